The highest BCUT2D eigenvalue weighted by Gasteiger charge is 2.14. The van der Waals surface area contributed by atoms with Crippen molar-refractivity contribution in [3.05, 3.63) is 33.3 Å². The third kappa shape index (κ3) is 3.20. The van der Waals surface area contributed by atoms with E-state index >= 15 is 0 Å². The first kappa shape index (κ1) is 11.4. The van der Waals surface area contributed by atoms with Crippen LogP contribution in [-0.2, 0) is 6.42 Å². The maximum atomic E-state index is 5.92. The van der Waals surface area contributed by atoms with Gasteiger partial charge >= 0.3 is 0 Å². The Morgan fingerprint density at radius 3 is 3.00 bits per heavy atom. The second kappa shape index (κ2) is 5.33. The van der Waals surface area contributed by atoms with Crippen molar-refractivity contribution in [2.24, 2.45) is 5.92 Å². The lowest BCUT2D eigenvalue weighted by Gasteiger charge is -2.23. The molecule has 1 saturated heterocycles. The Morgan fingerprint density at radius 2 is 2.33 bits per heavy atom. The van der Waals surface area contributed by atoms with Crippen molar-refractivity contribution in [2.75, 3.05) is 13.1 Å². The topological polar surface area (TPSA) is 12.0 Å². The van der Waals surface area contributed by atoms with Crippen LogP contribution in [0.4, 0.5) is 0 Å². The minimum atomic E-state index is 0.774. The van der Waals surface area contributed by atoms with Gasteiger partial charge < -0.3 is 5.32 Å². The fourth-order valence-corrected chi connectivity index (χ4v) is 2.94. The summed E-state index contributed by atoms with van der Waals surface area (Å²) >= 11 is 9.49. The van der Waals surface area contributed by atoms with E-state index in [2.05, 4.69) is 27.3 Å². The minimum absolute atomic E-state index is 0.774. The van der Waals surface area contributed by atoms with Gasteiger partial charge in [0.15, 0.2) is 0 Å². The first-order valence-electron chi connectivity index (χ1n) is 5.40. The molecule has 0 amide bonds. The number of halogens is 2. The van der Waals surface area contributed by atoms with Gasteiger partial charge in [0.25, 0.3) is 0 Å². The molecule has 0 saturated carbocycles. The second-order valence-corrected chi connectivity index (χ2v) is 5.44. The van der Waals surface area contributed by atoms with Crippen LogP contribution >= 0.6 is 27.5 Å². The number of piperidine rings is 1. The summed E-state index contributed by atoms with van der Waals surface area (Å²) in [6.45, 7) is 2.33. The second-order valence-electron chi connectivity index (χ2n) is 4.15. The fraction of sp³-hybridized carbons (Fsp3) is 0.500. The van der Waals surface area contributed by atoms with E-state index in [-0.39, 0.29) is 0 Å². The third-order valence-corrected chi connectivity index (χ3v) is 3.90. The highest BCUT2D eigenvalue weighted by atomic mass is 79.9. The summed E-state index contributed by atoms with van der Waals surface area (Å²) in [6.07, 6.45) is 3.78. The number of rotatable bonds is 2. The standard InChI is InChI=1S/C12H15BrClN/c13-12-7-11(14)4-3-10(12)6-9-2-1-5-15-8-9/h3-4,7,9,15H,1-2,5-6,8H2. The van der Waals surface area contributed by atoms with E-state index in [0.29, 0.717) is 0 Å². The largest absolute Gasteiger partial charge is 0.316 e. The van der Waals surface area contributed by atoms with Gasteiger partial charge in [-0.3, -0.25) is 0 Å². The zero-order valence-corrected chi connectivity index (χ0v) is 10.9. The number of nitrogens with one attached hydrogen (secondary N) is 1. The van der Waals surface area contributed by atoms with Crippen molar-refractivity contribution in [1.29, 1.82) is 0 Å². The summed E-state index contributed by atoms with van der Waals surface area (Å²) in [6, 6.07) is 6.08. The molecule has 1 aromatic rings. The van der Waals surface area contributed by atoms with Crippen molar-refractivity contribution >= 4 is 27.5 Å². The molecule has 1 fully saturated rings. The van der Waals surface area contributed by atoms with E-state index in [9.17, 15) is 0 Å². The Labute approximate surface area is 104 Å². The summed E-state index contributed by atoms with van der Waals surface area (Å²) in [5, 5.41) is 4.24. The third-order valence-electron chi connectivity index (χ3n) is 2.92. The molecule has 1 unspecified atom stereocenters. The molecule has 1 nitrogen and oxygen atoms in total. The maximum absolute atomic E-state index is 5.92. The van der Waals surface area contributed by atoms with E-state index in [4.69, 9.17) is 11.6 Å². The van der Waals surface area contributed by atoms with Crippen LogP contribution in [0.2, 0.25) is 5.02 Å². The summed E-state index contributed by atoms with van der Waals surface area (Å²) in [7, 11) is 0. The van der Waals surface area contributed by atoms with E-state index in [0.717, 1.165) is 28.4 Å². The van der Waals surface area contributed by atoms with Crippen molar-refractivity contribution in [3.63, 3.8) is 0 Å². The molecular weight excluding hydrogens is 273 g/mol. The van der Waals surface area contributed by atoms with Crippen LogP contribution < -0.4 is 5.32 Å². The van der Waals surface area contributed by atoms with Gasteiger partial charge in [-0.2, -0.15) is 0 Å². The molecule has 1 aliphatic rings. The van der Waals surface area contributed by atoms with Crippen LogP contribution in [0.25, 0.3) is 0 Å². The Kier molecular flexibility index (Phi) is 4.06. The molecule has 0 spiro atoms. The number of hydrogen-bond donors (Lipinski definition) is 1. The molecular formula is C12H15BrClN. The molecule has 0 aliphatic carbocycles. The molecule has 1 aliphatic heterocycles. The molecule has 3 heteroatoms. The Balaban J connectivity index is 2.03. The Morgan fingerprint density at radius 1 is 1.47 bits per heavy atom. The molecule has 1 aromatic carbocycles. The van der Waals surface area contributed by atoms with Gasteiger partial charge in [-0.1, -0.05) is 33.6 Å². The molecule has 0 aromatic heterocycles. The average molecular weight is 289 g/mol. The first-order valence-corrected chi connectivity index (χ1v) is 6.57. The van der Waals surface area contributed by atoms with E-state index in [1.807, 2.05) is 12.1 Å². The Hall–Kier alpha value is -0.0500. The monoisotopic (exact) mass is 287 g/mol. The van der Waals surface area contributed by atoms with Crippen LogP contribution in [0.3, 0.4) is 0 Å². The van der Waals surface area contributed by atoms with Crippen LogP contribution in [0, 0.1) is 5.92 Å². The zero-order valence-electron chi connectivity index (χ0n) is 8.60. The van der Waals surface area contributed by atoms with Gasteiger partial charge in [0.05, 0.1) is 0 Å². The van der Waals surface area contributed by atoms with E-state index in [1.165, 1.54) is 24.9 Å². The van der Waals surface area contributed by atoms with Crippen molar-refractivity contribution < 1.29 is 0 Å². The molecule has 1 heterocycles. The van der Waals surface area contributed by atoms with Gasteiger partial charge in [-0.25, -0.2) is 0 Å². The molecule has 2 rings (SSSR count). The first-order chi connectivity index (χ1) is 7.25. The van der Waals surface area contributed by atoms with Crippen molar-refractivity contribution in [1.82, 2.24) is 5.32 Å². The lowest BCUT2D eigenvalue weighted by molar-refractivity contribution is 0.376. The predicted molar refractivity (Wildman–Crippen MR) is 68.4 cm³/mol. The van der Waals surface area contributed by atoms with E-state index < -0.39 is 0 Å². The Bertz CT molecular complexity index is 334. The zero-order chi connectivity index (χ0) is 10.7. The van der Waals surface area contributed by atoms with E-state index in [1.54, 1.807) is 0 Å². The van der Waals surface area contributed by atoms with Crippen LogP contribution in [-0.4, -0.2) is 13.1 Å². The number of benzene rings is 1. The smallest absolute Gasteiger partial charge is 0.0417 e. The van der Waals surface area contributed by atoms with Gasteiger partial charge in [0, 0.05) is 9.50 Å². The summed E-state index contributed by atoms with van der Waals surface area (Å²) in [5.74, 6) is 0.774. The minimum Gasteiger partial charge on any atom is -0.316 e. The van der Waals surface area contributed by atoms with Crippen LogP contribution in [0.1, 0.15) is 18.4 Å². The highest BCUT2D eigenvalue weighted by Crippen LogP contribution is 2.25. The molecule has 0 radical (unpaired) electrons. The summed E-state index contributed by atoms with van der Waals surface area (Å²) in [5.41, 5.74) is 1.37. The average Bonchev–Trinajstić information content (AvgIpc) is 2.24. The predicted octanol–water partition coefficient (Wildman–Crippen LogP) is 3.64. The molecule has 15 heavy (non-hydrogen) atoms. The van der Waals surface area contributed by atoms with Gasteiger partial charge in [-0.05, 0) is 56.0 Å². The molecule has 1 atom stereocenters. The van der Waals surface area contributed by atoms with Gasteiger partial charge in [0.1, 0.15) is 0 Å². The SMILES string of the molecule is Clc1ccc(CC2CCCNC2)c(Br)c1. The van der Waals surface area contributed by atoms with Crippen LogP contribution in [0.5, 0.6) is 0 Å². The van der Waals surface area contributed by atoms with Gasteiger partial charge in [-0.15, -0.1) is 0 Å². The van der Waals surface area contributed by atoms with Gasteiger partial charge in [0.2, 0.25) is 0 Å². The summed E-state index contributed by atoms with van der Waals surface area (Å²) in [4.78, 5) is 0. The summed E-state index contributed by atoms with van der Waals surface area (Å²) < 4.78 is 1.14. The maximum Gasteiger partial charge on any atom is 0.0417 e. The molecule has 1 N–H and O–H groups in total. The van der Waals surface area contributed by atoms with Crippen molar-refractivity contribution in [2.45, 2.75) is 19.3 Å². The lowest BCUT2D eigenvalue weighted by atomic mass is 9.92. The fourth-order valence-electron chi connectivity index (χ4n) is 2.10. The molecule has 82 valence electrons. The lowest BCUT2D eigenvalue weighted by Crippen LogP contribution is -2.30. The number of hydrogen-bond acceptors (Lipinski definition) is 1. The van der Waals surface area contributed by atoms with Crippen LogP contribution in [0.15, 0.2) is 22.7 Å². The quantitative estimate of drug-likeness (QED) is 0.876. The van der Waals surface area contributed by atoms with Crippen molar-refractivity contribution in [3.8, 4) is 0 Å². The molecule has 0 bridgehead atoms. The normalized spacial score (nSPS) is 21.6. The highest BCUT2D eigenvalue weighted by molar-refractivity contribution is 9.10.